The van der Waals surface area contributed by atoms with E-state index in [1.54, 1.807) is 0 Å². The molecule has 1 aliphatic heterocycles. The van der Waals surface area contributed by atoms with Gasteiger partial charge in [-0.05, 0) is 38.6 Å². The Morgan fingerprint density at radius 1 is 1.00 bits per heavy atom. The number of aromatic nitrogens is 4. The lowest BCUT2D eigenvalue weighted by atomic mass is 10.2. The van der Waals surface area contributed by atoms with Gasteiger partial charge in [0.15, 0.2) is 5.82 Å². The zero-order chi connectivity index (χ0) is 19.3. The Balaban J connectivity index is 1.33. The summed E-state index contributed by atoms with van der Waals surface area (Å²) in [4.78, 5) is 17.6. The van der Waals surface area contributed by atoms with Crippen molar-refractivity contribution in [3.8, 4) is 11.5 Å². The van der Waals surface area contributed by atoms with Gasteiger partial charge in [0.2, 0.25) is 0 Å². The molecule has 28 heavy (non-hydrogen) atoms. The third-order valence-corrected chi connectivity index (χ3v) is 5.28. The Hall–Kier alpha value is -2.51. The van der Waals surface area contributed by atoms with Crippen molar-refractivity contribution in [3.05, 3.63) is 53.4 Å². The Morgan fingerprint density at radius 2 is 1.75 bits per heavy atom. The second kappa shape index (κ2) is 8.67. The lowest BCUT2D eigenvalue weighted by Gasteiger charge is -2.20. The normalized spacial score (nSPS) is 16.4. The fourth-order valence-corrected chi connectivity index (χ4v) is 3.65. The summed E-state index contributed by atoms with van der Waals surface area (Å²) < 4.78 is 5.44. The SMILES string of the molecule is CCc1nc(CN2CCCN(Cc3noc(-c4ccccc4)n3)CC2)c(C)[nH]1. The van der Waals surface area contributed by atoms with E-state index in [1.165, 1.54) is 11.4 Å². The zero-order valence-corrected chi connectivity index (χ0v) is 16.7. The smallest absolute Gasteiger partial charge is 0.257 e. The third kappa shape index (κ3) is 4.48. The van der Waals surface area contributed by atoms with Crippen LogP contribution in [0.25, 0.3) is 11.5 Å². The first-order valence-electron chi connectivity index (χ1n) is 10.1. The second-order valence-electron chi connectivity index (χ2n) is 7.40. The highest BCUT2D eigenvalue weighted by Crippen LogP contribution is 2.17. The number of rotatable bonds is 6. The highest BCUT2D eigenvalue weighted by atomic mass is 16.5. The fraction of sp³-hybridized carbons (Fsp3) is 0.476. The molecule has 1 saturated heterocycles. The molecule has 1 fully saturated rings. The minimum absolute atomic E-state index is 0.591. The first-order chi connectivity index (χ1) is 13.7. The molecule has 0 unspecified atom stereocenters. The van der Waals surface area contributed by atoms with Crippen molar-refractivity contribution in [3.63, 3.8) is 0 Å². The van der Waals surface area contributed by atoms with Gasteiger partial charge < -0.3 is 9.51 Å². The summed E-state index contributed by atoms with van der Waals surface area (Å²) >= 11 is 0. The summed E-state index contributed by atoms with van der Waals surface area (Å²) in [5.41, 5.74) is 3.33. The highest BCUT2D eigenvalue weighted by molar-refractivity contribution is 5.51. The molecular formula is C21H28N6O. The first-order valence-corrected chi connectivity index (χ1v) is 10.1. The summed E-state index contributed by atoms with van der Waals surface area (Å²) in [7, 11) is 0. The fourth-order valence-electron chi connectivity index (χ4n) is 3.65. The van der Waals surface area contributed by atoms with Crippen LogP contribution < -0.4 is 0 Å². The van der Waals surface area contributed by atoms with Crippen LogP contribution in [0.3, 0.4) is 0 Å². The Bertz CT molecular complexity index is 887. The van der Waals surface area contributed by atoms with Crippen molar-refractivity contribution in [2.24, 2.45) is 0 Å². The topological polar surface area (TPSA) is 74.1 Å². The number of benzene rings is 1. The van der Waals surface area contributed by atoms with E-state index >= 15 is 0 Å². The van der Waals surface area contributed by atoms with Crippen molar-refractivity contribution in [1.29, 1.82) is 0 Å². The number of nitrogens with zero attached hydrogens (tertiary/aromatic N) is 5. The van der Waals surface area contributed by atoms with Gasteiger partial charge in [-0.15, -0.1) is 0 Å². The van der Waals surface area contributed by atoms with Gasteiger partial charge in [0.05, 0.1) is 12.2 Å². The van der Waals surface area contributed by atoms with Crippen LogP contribution in [0.1, 0.15) is 36.4 Å². The quantitative estimate of drug-likeness (QED) is 0.709. The van der Waals surface area contributed by atoms with Crippen molar-refractivity contribution in [2.75, 3.05) is 26.2 Å². The molecule has 2 aromatic heterocycles. The van der Waals surface area contributed by atoms with E-state index in [4.69, 9.17) is 9.51 Å². The Kier molecular flexibility index (Phi) is 5.83. The van der Waals surface area contributed by atoms with Crippen LogP contribution in [0, 0.1) is 6.92 Å². The van der Waals surface area contributed by atoms with Crippen molar-refractivity contribution in [1.82, 2.24) is 29.9 Å². The summed E-state index contributed by atoms with van der Waals surface area (Å²) in [6, 6.07) is 9.92. The molecule has 0 amide bonds. The minimum Gasteiger partial charge on any atom is -0.346 e. The van der Waals surface area contributed by atoms with Gasteiger partial charge in [-0.2, -0.15) is 4.98 Å². The molecule has 7 nitrogen and oxygen atoms in total. The average Bonchev–Trinajstić information content (AvgIpc) is 3.25. The molecule has 3 aromatic rings. The van der Waals surface area contributed by atoms with Gasteiger partial charge in [0.1, 0.15) is 5.82 Å². The minimum atomic E-state index is 0.591. The molecular weight excluding hydrogens is 352 g/mol. The first kappa shape index (κ1) is 18.8. The van der Waals surface area contributed by atoms with Gasteiger partial charge in [-0.1, -0.05) is 30.3 Å². The number of aromatic amines is 1. The summed E-state index contributed by atoms with van der Waals surface area (Å²) in [5, 5.41) is 4.17. The van der Waals surface area contributed by atoms with Gasteiger partial charge >= 0.3 is 0 Å². The molecule has 1 aromatic carbocycles. The van der Waals surface area contributed by atoms with Crippen molar-refractivity contribution >= 4 is 0 Å². The van der Waals surface area contributed by atoms with E-state index < -0.39 is 0 Å². The molecule has 0 atom stereocenters. The van der Waals surface area contributed by atoms with E-state index in [2.05, 4.69) is 38.8 Å². The number of hydrogen-bond acceptors (Lipinski definition) is 6. The third-order valence-electron chi connectivity index (χ3n) is 5.28. The predicted molar refractivity (Wildman–Crippen MR) is 108 cm³/mol. The lowest BCUT2D eigenvalue weighted by Crippen LogP contribution is -2.30. The van der Waals surface area contributed by atoms with E-state index in [-0.39, 0.29) is 0 Å². The van der Waals surface area contributed by atoms with E-state index in [0.717, 1.165) is 69.3 Å². The lowest BCUT2D eigenvalue weighted by molar-refractivity contribution is 0.240. The van der Waals surface area contributed by atoms with E-state index in [9.17, 15) is 0 Å². The standard InChI is InChI=1S/C21H28N6O/c1-3-19-22-16(2)18(23-19)14-26-10-7-11-27(13-12-26)15-20-24-21(28-25-20)17-8-5-4-6-9-17/h4-6,8-9H,3,7,10-15H2,1-2H3,(H,22,23). The largest absolute Gasteiger partial charge is 0.346 e. The Morgan fingerprint density at radius 3 is 2.46 bits per heavy atom. The second-order valence-corrected chi connectivity index (χ2v) is 7.40. The molecule has 7 heteroatoms. The maximum absolute atomic E-state index is 5.44. The van der Waals surface area contributed by atoms with Gasteiger partial charge in [0, 0.05) is 37.3 Å². The van der Waals surface area contributed by atoms with Crippen LogP contribution in [0.5, 0.6) is 0 Å². The van der Waals surface area contributed by atoms with Crippen LogP contribution in [-0.4, -0.2) is 56.1 Å². The summed E-state index contributed by atoms with van der Waals surface area (Å²) in [6.45, 7) is 10.1. The van der Waals surface area contributed by atoms with Gasteiger partial charge in [-0.25, -0.2) is 4.98 Å². The number of imidazole rings is 1. The van der Waals surface area contributed by atoms with Crippen molar-refractivity contribution in [2.45, 2.75) is 39.8 Å². The highest BCUT2D eigenvalue weighted by Gasteiger charge is 2.19. The maximum atomic E-state index is 5.44. The van der Waals surface area contributed by atoms with Crippen LogP contribution in [0.4, 0.5) is 0 Å². The monoisotopic (exact) mass is 380 g/mol. The van der Waals surface area contributed by atoms with Crippen LogP contribution in [-0.2, 0) is 19.5 Å². The molecule has 0 aliphatic carbocycles. The molecule has 0 saturated carbocycles. The summed E-state index contributed by atoms with van der Waals surface area (Å²) in [5.74, 6) is 2.42. The number of hydrogen-bond donors (Lipinski definition) is 1. The molecule has 0 radical (unpaired) electrons. The average molecular weight is 380 g/mol. The van der Waals surface area contributed by atoms with Crippen LogP contribution in [0.15, 0.2) is 34.9 Å². The van der Waals surface area contributed by atoms with Gasteiger partial charge in [-0.3, -0.25) is 9.80 Å². The maximum Gasteiger partial charge on any atom is 0.257 e. The van der Waals surface area contributed by atoms with Crippen LogP contribution in [0.2, 0.25) is 0 Å². The molecule has 3 heterocycles. The Labute approximate surface area is 165 Å². The molecule has 0 bridgehead atoms. The molecule has 0 spiro atoms. The number of nitrogens with one attached hydrogen (secondary N) is 1. The van der Waals surface area contributed by atoms with Crippen molar-refractivity contribution < 1.29 is 4.52 Å². The van der Waals surface area contributed by atoms with E-state index in [1.807, 2.05) is 30.3 Å². The summed E-state index contributed by atoms with van der Waals surface area (Å²) in [6.07, 6.45) is 2.08. The number of H-pyrrole nitrogens is 1. The van der Waals surface area contributed by atoms with E-state index in [0.29, 0.717) is 5.89 Å². The zero-order valence-electron chi connectivity index (χ0n) is 16.7. The molecule has 1 aliphatic rings. The molecule has 148 valence electrons. The number of aryl methyl sites for hydroxylation is 2. The molecule has 1 N–H and O–H groups in total. The van der Waals surface area contributed by atoms with Crippen LogP contribution >= 0.6 is 0 Å². The predicted octanol–water partition coefficient (Wildman–Crippen LogP) is 3.04. The van der Waals surface area contributed by atoms with Gasteiger partial charge in [0.25, 0.3) is 5.89 Å². The molecule has 4 rings (SSSR count).